The first-order valence-corrected chi connectivity index (χ1v) is 8.25. The highest BCUT2D eigenvalue weighted by Crippen LogP contribution is 2.09. The van der Waals surface area contributed by atoms with Crippen LogP contribution in [0.3, 0.4) is 0 Å². The molecule has 126 valence electrons. The molecule has 1 saturated heterocycles. The molecule has 1 amide bonds. The Morgan fingerprint density at radius 3 is 2.57 bits per heavy atom. The van der Waals surface area contributed by atoms with Crippen LogP contribution >= 0.6 is 0 Å². The van der Waals surface area contributed by atoms with Crippen molar-refractivity contribution in [3.05, 3.63) is 35.9 Å². The zero-order valence-corrected chi connectivity index (χ0v) is 14.3. The summed E-state index contributed by atoms with van der Waals surface area (Å²) in [6.07, 6.45) is 4.46. The molecule has 0 spiro atoms. The van der Waals surface area contributed by atoms with Crippen LogP contribution in [0.25, 0.3) is 0 Å². The van der Waals surface area contributed by atoms with Crippen LogP contribution in [0.15, 0.2) is 35.4 Å². The molecule has 1 atom stereocenters. The van der Waals surface area contributed by atoms with Gasteiger partial charge in [0.1, 0.15) is 5.60 Å². The van der Waals surface area contributed by atoms with Crippen molar-refractivity contribution in [1.82, 2.24) is 10.3 Å². The zero-order valence-electron chi connectivity index (χ0n) is 14.3. The maximum absolute atomic E-state index is 12.0. The van der Waals surface area contributed by atoms with Crippen molar-refractivity contribution in [2.45, 2.75) is 51.7 Å². The number of nitrogens with one attached hydrogen (secondary N) is 1. The molecule has 0 bridgehead atoms. The standard InChI is InChI=1S/C18H27N3O2/c1-18(2,3)23-17(22)20-16(13-15-9-5-4-6-10-15)14-19-21-11-7-8-12-21/h4-6,9-10,14,16H,7-8,11-13H2,1-3H3,(H,20,22)/b19-14+/t16-/m0/s1. The van der Waals surface area contributed by atoms with Crippen LogP contribution in [0.2, 0.25) is 0 Å². The summed E-state index contributed by atoms with van der Waals surface area (Å²) in [5.74, 6) is 0. The Bertz CT molecular complexity index is 517. The second kappa shape index (κ2) is 7.99. The van der Waals surface area contributed by atoms with Gasteiger partial charge in [0.15, 0.2) is 0 Å². The molecule has 1 heterocycles. The van der Waals surface area contributed by atoms with Crippen LogP contribution in [0.1, 0.15) is 39.2 Å². The first-order valence-electron chi connectivity index (χ1n) is 8.25. The molecule has 0 aromatic heterocycles. The molecule has 1 aromatic rings. The van der Waals surface area contributed by atoms with E-state index in [1.54, 1.807) is 0 Å². The van der Waals surface area contributed by atoms with Crippen molar-refractivity contribution >= 4 is 12.3 Å². The second-order valence-corrected chi connectivity index (χ2v) is 6.87. The van der Waals surface area contributed by atoms with Gasteiger partial charge in [0.2, 0.25) is 0 Å². The minimum atomic E-state index is -0.506. The number of rotatable bonds is 5. The SMILES string of the molecule is CC(C)(C)OC(=O)N[C@H](/C=N/N1CCCC1)Cc1ccccc1. The Labute approximate surface area is 138 Å². The van der Waals surface area contributed by atoms with Gasteiger partial charge in [0.25, 0.3) is 0 Å². The Hall–Kier alpha value is -2.04. The van der Waals surface area contributed by atoms with Crippen LogP contribution in [-0.4, -0.2) is 42.0 Å². The molecular formula is C18H27N3O2. The van der Waals surface area contributed by atoms with E-state index in [-0.39, 0.29) is 6.04 Å². The number of carbonyl (C=O) groups excluding carboxylic acids is 1. The number of nitrogens with zero attached hydrogens (tertiary/aromatic N) is 2. The van der Waals surface area contributed by atoms with Crippen molar-refractivity contribution in [1.29, 1.82) is 0 Å². The molecule has 5 heteroatoms. The lowest BCUT2D eigenvalue weighted by atomic mass is 10.1. The van der Waals surface area contributed by atoms with E-state index < -0.39 is 11.7 Å². The fraction of sp³-hybridized carbons (Fsp3) is 0.556. The number of carbonyl (C=O) groups is 1. The molecule has 2 rings (SSSR count). The summed E-state index contributed by atoms with van der Waals surface area (Å²) < 4.78 is 5.35. The fourth-order valence-corrected chi connectivity index (χ4v) is 2.46. The predicted octanol–water partition coefficient (Wildman–Crippen LogP) is 3.20. The Kier molecular flexibility index (Phi) is 6.02. The Morgan fingerprint density at radius 2 is 1.96 bits per heavy atom. The molecule has 0 unspecified atom stereocenters. The number of ether oxygens (including phenoxy) is 1. The van der Waals surface area contributed by atoms with Gasteiger partial charge in [0.05, 0.1) is 6.04 Å². The Balaban J connectivity index is 1.99. The monoisotopic (exact) mass is 317 g/mol. The van der Waals surface area contributed by atoms with Gasteiger partial charge in [-0.15, -0.1) is 0 Å². The molecule has 0 saturated carbocycles. The molecule has 23 heavy (non-hydrogen) atoms. The van der Waals surface area contributed by atoms with Crippen molar-refractivity contribution in [2.75, 3.05) is 13.1 Å². The molecule has 1 aliphatic heterocycles. The third-order valence-electron chi connectivity index (χ3n) is 3.49. The molecule has 5 nitrogen and oxygen atoms in total. The van der Waals surface area contributed by atoms with Crippen molar-refractivity contribution in [3.63, 3.8) is 0 Å². The van der Waals surface area contributed by atoms with E-state index in [0.29, 0.717) is 6.42 Å². The van der Waals surface area contributed by atoms with Crippen molar-refractivity contribution in [2.24, 2.45) is 5.10 Å². The average molecular weight is 317 g/mol. The number of hydrogen-bond donors (Lipinski definition) is 1. The number of benzene rings is 1. The molecule has 0 aliphatic carbocycles. The molecule has 1 fully saturated rings. The normalized spacial score (nSPS) is 16.6. The van der Waals surface area contributed by atoms with E-state index in [4.69, 9.17) is 4.74 Å². The van der Waals surface area contributed by atoms with E-state index >= 15 is 0 Å². The van der Waals surface area contributed by atoms with Gasteiger partial charge < -0.3 is 10.1 Å². The van der Waals surface area contributed by atoms with E-state index in [2.05, 4.69) is 15.4 Å². The lowest BCUT2D eigenvalue weighted by Gasteiger charge is -2.22. The third kappa shape index (κ3) is 6.72. The van der Waals surface area contributed by atoms with Gasteiger partial charge in [-0.1, -0.05) is 30.3 Å². The van der Waals surface area contributed by atoms with Crippen LogP contribution in [0, 0.1) is 0 Å². The summed E-state index contributed by atoms with van der Waals surface area (Å²) in [7, 11) is 0. The molecule has 1 aliphatic rings. The van der Waals surface area contributed by atoms with Crippen molar-refractivity contribution < 1.29 is 9.53 Å². The number of amides is 1. The minimum absolute atomic E-state index is 0.187. The lowest BCUT2D eigenvalue weighted by Crippen LogP contribution is -2.41. The van der Waals surface area contributed by atoms with Crippen LogP contribution < -0.4 is 5.32 Å². The number of alkyl carbamates (subject to hydrolysis) is 1. The lowest BCUT2D eigenvalue weighted by molar-refractivity contribution is 0.0518. The fourth-order valence-electron chi connectivity index (χ4n) is 2.46. The van der Waals surface area contributed by atoms with Gasteiger partial charge >= 0.3 is 6.09 Å². The summed E-state index contributed by atoms with van der Waals surface area (Å²) >= 11 is 0. The number of hydrazone groups is 1. The zero-order chi connectivity index (χ0) is 16.7. The molecular weight excluding hydrogens is 290 g/mol. The first kappa shape index (κ1) is 17.3. The van der Waals surface area contributed by atoms with Gasteiger partial charge in [-0.3, -0.25) is 5.01 Å². The van der Waals surface area contributed by atoms with Crippen LogP contribution in [0.4, 0.5) is 4.79 Å². The van der Waals surface area contributed by atoms with E-state index in [0.717, 1.165) is 18.7 Å². The summed E-state index contributed by atoms with van der Waals surface area (Å²) in [4.78, 5) is 12.0. The highest BCUT2D eigenvalue weighted by Gasteiger charge is 2.19. The summed E-state index contributed by atoms with van der Waals surface area (Å²) in [5, 5.41) is 9.47. The van der Waals surface area contributed by atoms with Gasteiger partial charge in [-0.2, -0.15) is 5.10 Å². The highest BCUT2D eigenvalue weighted by molar-refractivity contribution is 5.75. The smallest absolute Gasteiger partial charge is 0.408 e. The van der Waals surface area contributed by atoms with Crippen LogP contribution in [-0.2, 0) is 11.2 Å². The Morgan fingerprint density at radius 1 is 1.30 bits per heavy atom. The second-order valence-electron chi connectivity index (χ2n) is 6.87. The average Bonchev–Trinajstić information content (AvgIpc) is 2.97. The molecule has 1 aromatic carbocycles. The van der Waals surface area contributed by atoms with E-state index in [9.17, 15) is 4.79 Å². The van der Waals surface area contributed by atoms with Gasteiger partial charge in [0, 0.05) is 19.3 Å². The van der Waals surface area contributed by atoms with Gasteiger partial charge in [-0.05, 0) is 45.6 Å². The highest BCUT2D eigenvalue weighted by atomic mass is 16.6. The molecule has 0 radical (unpaired) electrons. The largest absolute Gasteiger partial charge is 0.444 e. The van der Waals surface area contributed by atoms with Crippen molar-refractivity contribution in [3.8, 4) is 0 Å². The minimum Gasteiger partial charge on any atom is -0.444 e. The predicted molar refractivity (Wildman–Crippen MR) is 92.6 cm³/mol. The summed E-state index contributed by atoms with van der Waals surface area (Å²) in [6.45, 7) is 7.55. The van der Waals surface area contributed by atoms with E-state index in [1.807, 2.05) is 57.3 Å². The first-order chi connectivity index (χ1) is 10.9. The summed E-state index contributed by atoms with van der Waals surface area (Å²) in [6, 6.07) is 9.89. The van der Waals surface area contributed by atoms with Gasteiger partial charge in [-0.25, -0.2) is 4.79 Å². The maximum Gasteiger partial charge on any atom is 0.408 e. The number of hydrogen-bond acceptors (Lipinski definition) is 4. The molecule has 1 N–H and O–H groups in total. The third-order valence-corrected chi connectivity index (χ3v) is 3.49. The quantitative estimate of drug-likeness (QED) is 0.849. The maximum atomic E-state index is 12.0. The van der Waals surface area contributed by atoms with Crippen LogP contribution in [0.5, 0.6) is 0 Å². The van der Waals surface area contributed by atoms with E-state index in [1.165, 1.54) is 12.8 Å². The summed E-state index contributed by atoms with van der Waals surface area (Å²) in [5.41, 5.74) is 0.648. The topological polar surface area (TPSA) is 53.9 Å².